The first-order chi connectivity index (χ1) is 16.3. The molecule has 2 aliphatic rings. The molecule has 34 heavy (non-hydrogen) atoms. The Kier molecular flexibility index (Phi) is 14.1. The highest BCUT2D eigenvalue weighted by Crippen LogP contribution is 2.33. The molecule has 0 spiro atoms. The van der Waals surface area contributed by atoms with Crippen LogP contribution in [0.1, 0.15) is 51.9 Å². The Hall–Kier alpha value is -0.0500. The van der Waals surface area contributed by atoms with Crippen molar-refractivity contribution in [3.05, 3.63) is 0 Å². The molecule has 2 heterocycles. The predicted molar refractivity (Wildman–Crippen MR) is 126 cm³/mol. The normalized spacial score (nSPS) is 38.8. The number of ether oxygens (including phenoxy) is 3. The molecule has 0 radical (unpaired) electrons. The molecule has 0 amide bonds. The van der Waals surface area contributed by atoms with Gasteiger partial charge in [0, 0.05) is 5.92 Å². The van der Waals surface area contributed by atoms with E-state index in [9.17, 15) is 35.7 Å². The summed E-state index contributed by atoms with van der Waals surface area (Å²) in [5, 5.41) is 70.1. The lowest BCUT2D eigenvalue weighted by Gasteiger charge is -2.43. The zero-order valence-corrected chi connectivity index (χ0v) is 20.8. The number of unbranched alkanes of at least 4 members (excludes halogenated alkanes) is 6. The van der Waals surface area contributed by atoms with Crippen LogP contribution >= 0.6 is 11.8 Å². The summed E-state index contributed by atoms with van der Waals surface area (Å²) in [6.07, 6.45) is -1.17. The van der Waals surface area contributed by atoms with E-state index in [0.717, 1.165) is 18.6 Å². The zero-order chi connectivity index (χ0) is 25.1. The Labute approximate surface area is 206 Å². The summed E-state index contributed by atoms with van der Waals surface area (Å²) in [6, 6.07) is 0. The fourth-order valence-electron chi connectivity index (χ4n) is 4.41. The van der Waals surface area contributed by atoms with E-state index in [0.29, 0.717) is 0 Å². The summed E-state index contributed by atoms with van der Waals surface area (Å²) < 4.78 is 16.8. The number of thioether (sulfide) groups is 1. The van der Waals surface area contributed by atoms with Gasteiger partial charge in [0.25, 0.3) is 0 Å². The Balaban J connectivity index is 1.76. The smallest absolute Gasteiger partial charge is 0.132 e. The van der Waals surface area contributed by atoms with Gasteiger partial charge in [-0.15, -0.1) is 11.8 Å². The Morgan fingerprint density at radius 2 is 1.26 bits per heavy atom. The van der Waals surface area contributed by atoms with Crippen LogP contribution in [0.4, 0.5) is 0 Å². The molecule has 10 atom stereocenters. The van der Waals surface area contributed by atoms with Crippen molar-refractivity contribution in [3.63, 3.8) is 0 Å². The molecule has 2 fully saturated rings. The van der Waals surface area contributed by atoms with Gasteiger partial charge < -0.3 is 50.0 Å². The second-order valence-electron chi connectivity index (χ2n) is 9.27. The lowest BCUT2D eigenvalue weighted by Crippen LogP contribution is -2.60. The van der Waals surface area contributed by atoms with Gasteiger partial charge in [-0.05, 0) is 12.2 Å². The fraction of sp³-hybridized carbons (Fsp3) is 1.00. The molecule has 11 heteroatoms. The second kappa shape index (κ2) is 15.9. The van der Waals surface area contributed by atoms with Crippen molar-refractivity contribution in [2.24, 2.45) is 5.92 Å². The highest BCUT2D eigenvalue weighted by atomic mass is 32.2. The van der Waals surface area contributed by atoms with E-state index in [-0.39, 0.29) is 19.8 Å². The zero-order valence-electron chi connectivity index (χ0n) is 20.0. The summed E-state index contributed by atoms with van der Waals surface area (Å²) in [4.78, 5) is 0. The van der Waals surface area contributed by atoms with E-state index in [1.807, 2.05) is 0 Å². The van der Waals surface area contributed by atoms with Crippen LogP contribution in [-0.2, 0) is 14.2 Å². The average Bonchev–Trinajstić information content (AvgIpc) is 2.84. The monoisotopic (exact) mass is 512 g/mol. The second-order valence-corrected chi connectivity index (χ2v) is 10.5. The van der Waals surface area contributed by atoms with Gasteiger partial charge in [-0.3, -0.25) is 0 Å². The average molecular weight is 513 g/mol. The number of hydrogen-bond acceptors (Lipinski definition) is 11. The van der Waals surface area contributed by atoms with Crippen LogP contribution in [0.5, 0.6) is 0 Å². The van der Waals surface area contributed by atoms with Crippen LogP contribution in [0.15, 0.2) is 0 Å². The maximum Gasteiger partial charge on any atom is 0.132 e. The molecular formula is C23H44O10S. The fourth-order valence-corrected chi connectivity index (χ4v) is 5.59. The molecule has 0 aromatic carbocycles. The molecule has 0 aliphatic carbocycles. The molecule has 10 nitrogen and oxygen atoms in total. The van der Waals surface area contributed by atoms with Crippen molar-refractivity contribution in [1.82, 2.24) is 0 Å². The molecule has 0 saturated carbocycles. The topological polar surface area (TPSA) is 169 Å². The SMILES string of the molecule is CCCCCCCCCS[C@@H]1OC(CO)[C@@H](COC[C@H]2OC(CO)[C@@H](O)[C@@H](O)C2O)[C@@H](O)C1O. The molecule has 7 N–H and O–H groups in total. The van der Waals surface area contributed by atoms with Crippen molar-refractivity contribution < 1.29 is 50.0 Å². The summed E-state index contributed by atoms with van der Waals surface area (Å²) in [7, 11) is 0. The predicted octanol–water partition coefficient (Wildman–Crippen LogP) is -0.616. The molecule has 2 aliphatic heterocycles. The number of hydrogen-bond donors (Lipinski definition) is 7. The van der Waals surface area contributed by atoms with Crippen molar-refractivity contribution in [1.29, 1.82) is 0 Å². The molecule has 2 rings (SSSR count). The van der Waals surface area contributed by atoms with Crippen LogP contribution < -0.4 is 0 Å². The molecule has 0 aromatic heterocycles. The standard InChI is InChI=1S/C23H44O10S/c1-2-3-4-5-6-7-8-9-34-23-22(30)18(26)14(15(10-24)33-23)12-31-13-17-20(28)21(29)19(27)16(11-25)32-17/h14-30H,2-13H2,1H3/t14-,15?,16?,17-,18-,19-,20?,21-,22?,23+/m1/s1. The summed E-state index contributed by atoms with van der Waals surface area (Å²) in [6.45, 7) is 1.03. The van der Waals surface area contributed by atoms with E-state index in [2.05, 4.69) is 6.92 Å². The minimum Gasteiger partial charge on any atom is -0.394 e. The molecule has 4 unspecified atom stereocenters. The van der Waals surface area contributed by atoms with Gasteiger partial charge >= 0.3 is 0 Å². The highest BCUT2D eigenvalue weighted by molar-refractivity contribution is 7.99. The van der Waals surface area contributed by atoms with Gasteiger partial charge in [0.2, 0.25) is 0 Å². The van der Waals surface area contributed by atoms with Crippen LogP contribution in [-0.4, -0.2) is 122 Å². The van der Waals surface area contributed by atoms with Gasteiger partial charge in [0.15, 0.2) is 0 Å². The summed E-state index contributed by atoms with van der Waals surface area (Å²) >= 11 is 1.44. The first kappa shape index (κ1) is 30.2. The lowest BCUT2D eigenvalue weighted by atomic mass is 9.90. The first-order valence-corrected chi connectivity index (χ1v) is 13.5. The molecule has 2 saturated heterocycles. The third-order valence-corrected chi connectivity index (χ3v) is 7.89. The third kappa shape index (κ3) is 8.52. The molecule has 0 bridgehead atoms. The molecule has 202 valence electrons. The maximum absolute atomic E-state index is 10.7. The van der Waals surface area contributed by atoms with Crippen LogP contribution in [0, 0.1) is 5.92 Å². The number of aliphatic hydroxyl groups is 7. The van der Waals surface area contributed by atoms with Gasteiger partial charge in [-0.1, -0.05) is 45.4 Å². The Morgan fingerprint density at radius 1 is 0.647 bits per heavy atom. The minimum absolute atomic E-state index is 0.0897. The van der Waals surface area contributed by atoms with Gasteiger partial charge in [-0.2, -0.15) is 0 Å². The third-order valence-electron chi connectivity index (χ3n) is 6.65. The van der Waals surface area contributed by atoms with Gasteiger partial charge in [0.1, 0.15) is 42.1 Å². The largest absolute Gasteiger partial charge is 0.394 e. The van der Waals surface area contributed by atoms with E-state index in [1.54, 1.807) is 0 Å². The quantitative estimate of drug-likeness (QED) is 0.140. The maximum atomic E-state index is 10.7. The minimum atomic E-state index is -1.50. The Bertz CT molecular complexity index is 540. The van der Waals surface area contributed by atoms with Crippen molar-refractivity contribution in [2.45, 2.75) is 106 Å². The van der Waals surface area contributed by atoms with E-state index in [4.69, 9.17) is 14.2 Å². The van der Waals surface area contributed by atoms with E-state index in [1.165, 1.54) is 43.9 Å². The van der Waals surface area contributed by atoms with Gasteiger partial charge in [-0.25, -0.2) is 0 Å². The van der Waals surface area contributed by atoms with Crippen molar-refractivity contribution >= 4 is 11.8 Å². The molecular weight excluding hydrogens is 468 g/mol. The van der Waals surface area contributed by atoms with Crippen molar-refractivity contribution in [2.75, 3.05) is 32.2 Å². The number of rotatable bonds is 15. The van der Waals surface area contributed by atoms with Crippen LogP contribution in [0.3, 0.4) is 0 Å². The van der Waals surface area contributed by atoms with Gasteiger partial charge in [0.05, 0.1) is 38.6 Å². The van der Waals surface area contributed by atoms with Crippen LogP contribution in [0.25, 0.3) is 0 Å². The van der Waals surface area contributed by atoms with E-state index >= 15 is 0 Å². The lowest BCUT2D eigenvalue weighted by molar-refractivity contribution is -0.243. The summed E-state index contributed by atoms with van der Waals surface area (Å²) in [5.74, 6) is 0.0823. The van der Waals surface area contributed by atoms with E-state index < -0.39 is 66.8 Å². The molecule has 0 aromatic rings. The highest BCUT2D eigenvalue weighted by Gasteiger charge is 2.46. The Morgan fingerprint density at radius 3 is 1.91 bits per heavy atom. The summed E-state index contributed by atoms with van der Waals surface area (Å²) in [5.41, 5.74) is -0.645. The number of aliphatic hydroxyl groups excluding tert-OH is 7. The van der Waals surface area contributed by atoms with Crippen molar-refractivity contribution in [3.8, 4) is 0 Å². The first-order valence-electron chi connectivity index (χ1n) is 12.5. The van der Waals surface area contributed by atoms with Crippen LogP contribution in [0.2, 0.25) is 0 Å².